The van der Waals surface area contributed by atoms with Gasteiger partial charge >= 0.3 is 12.4 Å². The number of carbonyl (C=O) groups is 1. The lowest BCUT2D eigenvalue weighted by Crippen LogP contribution is -2.53. The van der Waals surface area contributed by atoms with Crippen molar-refractivity contribution in [2.45, 2.75) is 36.9 Å². The molecule has 0 bridgehead atoms. The summed E-state index contributed by atoms with van der Waals surface area (Å²) in [6.07, 6.45) is -9.53. The highest BCUT2D eigenvalue weighted by Gasteiger charge is 2.52. The summed E-state index contributed by atoms with van der Waals surface area (Å²) in [5.41, 5.74) is -1.80. The summed E-state index contributed by atoms with van der Waals surface area (Å²) in [5.74, 6) is -1.44. The minimum absolute atomic E-state index is 0.00848. The van der Waals surface area contributed by atoms with Gasteiger partial charge in [0.15, 0.2) is 0 Å². The highest BCUT2D eigenvalue weighted by atomic mass is 19.4. The summed E-state index contributed by atoms with van der Waals surface area (Å²) in [5, 5.41) is 0. The van der Waals surface area contributed by atoms with Crippen LogP contribution in [0.2, 0.25) is 0 Å². The van der Waals surface area contributed by atoms with E-state index in [-0.39, 0.29) is 25.4 Å². The van der Waals surface area contributed by atoms with E-state index in [0.29, 0.717) is 18.2 Å². The lowest BCUT2D eigenvalue weighted by molar-refractivity contribution is -0.143. The molecule has 2 atom stereocenters. The summed E-state index contributed by atoms with van der Waals surface area (Å²) < 4.78 is 93.8. The van der Waals surface area contributed by atoms with Crippen LogP contribution in [0.4, 0.5) is 26.3 Å². The van der Waals surface area contributed by atoms with Crippen LogP contribution in [0, 0.1) is 0 Å². The molecular formula is C22H20F6N2O4. The fraction of sp³-hybridized carbons (Fsp3) is 0.455. The molecule has 0 unspecified atom stereocenters. The average molecular weight is 490 g/mol. The van der Waals surface area contributed by atoms with E-state index in [1.165, 1.54) is 4.90 Å². The Kier molecular flexibility index (Phi) is 6.47. The van der Waals surface area contributed by atoms with E-state index in [9.17, 15) is 31.1 Å². The Morgan fingerprint density at radius 3 is 2.65 bits per heavy atom. The molecule has 0 saturated carbocycles. The van der Waals surface area contributed by atoms with E-state index in [0.717, 1.165) is 12.1 Å². The number of pyridine rings is 1. The van der Waals surface area contributed by atoms with Gasteiger partial charge in [0.25, 0.3) is 5.91 Å². The monoisotopic (exact) mass is 490 g/mol. The average Bonchev–Trinajstić information content (AvgIpc) is 3.22. The predicted octanol–water partition coefficient (Wildman–Crippen LogP) is 4.55. The van der Waals surface area contributed by atoms with Crippen LogP contribution < -0.4 is 4.74 Å². The first-order valence-corrected chi connectivity index (χ1v) is 10.4. The first-order chi connectivity index (χ1) is 16.0. The lowest BCUT2D eigenvalue weighted by atomic mass is 9.85. The highest BCUT2D eigenvalue weighted by Crippen LogP contribution is 2.42. The molecule has 1 aromatic carbocycles. The van der Waals surface area contributed by atoms with Crippen molar-refractivity contribution in [3.63, 3.8) is 0 Å². The molecule has 0 aliphatic carbocycles. The summed E-state index contributed by atoms with van der Waals surface area (Å²) in [7, 11) is 0. The van der Waals surface area contributed by atoms with Gasteiger partial charge in [0.1, 0.15) is 24.2 Å². The molecule has 2 fully saturated rings. The Labute approximate surface area is 190 Å². The van der Waals surface area contributed by atoms with Gasteiger partial charge in [0.2, 0.25) is 0 Å². The Bertz CT molecular complexity index is 1030. The maximum absolute atomic E-state index is 13.5. The molecule has 2 aromatic rings. The zero-order chi connectivity index (χ0) is 24.6. The van der Waals surface area contributed by atoms with Gasteiger partial charge < -0.3 is 19.1 Å². The van der Waals surface area contributed by atoms with Crippen molar-refractivity contribution in [2.24, 2.45) is 0 Å². The number of ether oxygens (including phenoxy) is 3. The summed E-state index contributed by atoms with van der Waals surface area (Å²) in [4.78, 5) is 18.7. The van der Waals surface area contributed by atoms with Crippen LogP contribution >= 0.6 is 0 Å². The molecule has 2 aliphatic rings. The van der Waals surface area contributed by atoms with Gasteiger partial charge in [-0.2, -0.15) is 26.3 Å². The van der Waals surface area contributed by atoms with Gasteiger partial charge in [0.05, 0.1) is 30.8 Å². The maximum Gasteiger partial charge on any atom is 0.419 e. The third kappa shape index (κ3) is 4.97. The van der Waals surface area contributed by atoms with E-state index in [1.807, 2.05) is 0 Å². The number of hydrogen-bond acceptors (Lipinski definition) is 5. The van der Waals surface area contributed by atoms with Crippen molar-refractivity contribution < 1.29 is 45.3 Å². The van der Waals surface area contributed by atoms with E-state index >= 15 is 0 Å². The molecular weight excluding hydrogens is 470 g/mol. The first-order valence-electron chi connectivity index (χ1n) is 10.4. The van der Waals surface area contributed by atoms with Crippen LogP contribution in [-0.4, -0.2) is 54.6 Å². The lowest BCUT2D eigenvalue weighted by Gasteiger charge is -2.41. The molecule has 34 heavy (non-hydrogen) atoms. The number of likely N-dealkylation sites (tertiary alicyclic amines) is 1. The number of halogens is 6. The largest absolute Gasteiger partial charge is 0.493 e. The van der Waals surface area contributed by atoms with E-state index in [2.05, 4.69) is 4.98 Å². The van der Waals surface area contributed by atoms with Crippen molar-refractivity contribution in [2.75, 3.05) is 26.5 Å². The molecule has 1 amide bonds. The van der Waals surface area contributed by atoms with Gasteiger partial charge in [-0.25, -0.2) is 0 Å². The minimum Gasteiger partial charge on any atom is -0.493 e. The van der Waals surface area contributed by atoms with Crippen LogP contribution in [0.1, 0.15) is 34.5 Å². The van der Waals surface area contributed by atoms with Gasteiger partial charge in [-0.15, -0.1) is 0 Å². The summed E-state index contributed by atoms with van der Waals surface area (Å²) in [6, 6.07) is 7.89. The molecule has 1 aromatic heterocycles. The van der Waals surface area contributed by atoms with Crippen LogP contribution in [0.15, 0.2) is 42.6 Å². The Morgan fingerprint density at radius 2 is 1.97 bits per heavy atom. The number of piperidine rings is 1. The fourth-order valence-electron chi connectivity index (χ4n) is 4.11. The normalized spacial score (nSPS) is 23.0. The van der Waals surface area contributed by atoms with Crippen molar-refractivity contribution >= 4 is 5.91 Å². The maximum atomic E-state index is 13.5. The number of hydrogen-bond donors (Lipinski definition) is 0. The fourth-order valence-corrected chi connectivity index (χ4v) is 4.11. The number of alkyl halides is 6. The molecule has 0 radical (unpaired) electrons. The van der Waals surface area contributed by atoms with E-state index < -0.39 is 54.3 Å². The number of benzene rings is 1. The molecule has 184 valence electrons. The van der Waals surface area contributed by atoms with Crippen molar-refractivity contribution in [3.05, 3.63) is 59.4 Å². The number of nitrogens with zero attached hydrogens (tertiary/aromatic N) is 2. The third-order valence-corrected chi connectivity index (χ3v) is 5.81. The van der Waals surface area contributed by atoms with Crippen molar-refractivity contribution in [1.29, 1.82) is 0 Å². The Hall–Kier alpha value is -2.86. The van der Waals surface area contributed by atoms with Crippen molar-refractivity contribution in [1.82, 2.24) is 9.88 Å². The predicted molar refractivity (Wildman–Crippen MR) is 105 cm³/mol. The van der Waals surface area contributed by atoms with Crippen molar-refractivity contribution in [3.8, 4) is 5.75 Å². The Balaban J connectivity index is 1.52. The van der Waals surface area contributed by atoms with Gasteiger partial charge in [-0.3, -0.25) is 9.78 Å². The topological polar surface area (TPSA) is 60.9 Å². The molecule has 2 aliphatic heterocycles. The second-order valence-corrected chi connectivity index (χ2v) is 7.95. The molecule has 0 spiro atoms. The van der Waals surface area contributed by atoms with Crippen LogP contribution in [0.25, 0.3) is 0 Å². The van der Waals surface area contributed by atoms with Gasteiger partial charge in [-0.1, -0.05) is 6.07 Å². The second-order valence-electron chi connectivity index (χ2n) is 7.95. The zero-order valence-electron chi connectivity index (χ0n) is 17.7. The molecule has 12 heteroatoms. The number of amides is 1. The third-order valence-electron chi connectivity index (χ3n) is 5.81. The van der Waals surface area contributed by atoms with E-state index in [4.69, 9.17) is 14.2 Å². The van der Waals surface area contributed by atoms with Gasteiger partial charge in [-0.05, 0) is 30.3 Å². The number of carbonyl (C=O) groups excluding carboxylic acids is 1. The summed E-state index contributed by atoms with van der Waals surface area (Å²) >= 11 is 0. The number of rotatable bonds is 5. The SMILES string of the molecule is O=C(c1ccc(OCCC(F)(F)F)c(C(F)(F)F)c1)N1CC[C@]2(c3ccccn3)OCO[C@H]2C1. The second kappa shape index (κ2) is 9.06. The zero-order valence-corrected chi connectivity index (χ0v) is 17.7. The number of fused-ring (bicyclic) bond motifs is 1. The quantitative estimate of drug-likeness (QED) is 0.576. The molecule has 2 saturated heterocycles. The number of aromatic nitrogens is 1. The summed E-state index contributed by atoms with van der Waals surface area (Å²) in [6.45, 7) is -0.729. The molecule has 6 nitrogen and oxygen atoms in total. The standard InChI is InChI=1S/C22H20F6N2O4/c23-21(24,25)7-10-32-16-5-4-14(11-15(16)22(26,27)28)19(31)30-9-6-20(17-3-1-2-8-29-17)18(12-30)33-13-34-20/h1-5,8,11,18H,6-7,9-10,12-13H2/t18-,20+/m0/s1. The smallest absolute Gasteiger partial charge is 0.419 e. The molecule has 3 heterocycles. The van der Waals surface area contributed by atoms with Gasteiger partial charge in [0, 0.05) is 24.7 Å². The van der Waals surface area contributed by atoms with Crippen LogP contribution in [0.3, 0.4) is 0 Å². The molecule has 4 rings (SSSR count). The highest BCUT2D eigenvalue weighted by molar-refractivity contribution is 5.94. The first kappa shape index (κ1) is 24.3. The minimum atomic E-state index is -4.93. The Morgan fingerprint density at radius 1 is 1.18 bits per heavy atom. The van der Waals surface area contributed by atoms with Crippen LogP contribution in [0.5, 0.6) is 5.75 Å². The van der Waals surface area contributed by atoms with Crippen LogP contribution in [-0.2, 0) is 21.3 Å². The molecule has 0 N–H and O–H groups in total. The van der Waals surface area contributed by atoms with E-state index in [1.54, 1.807) is 24.4 Å².